The van der Waals surface area contributed by atoms with Gasteiger partial charge in [0.15, 0.2) is 0 Å². The number of thiol groups is 1. The van der Waals surface area contributed by atoms with E-state index in [0.717, 1.165) is 0 Å². The molecule has 4 nitrogen and oxygen atoms in total. The summed E-state index contributed by atoms with van der Waals surface area (Å²) in [6.07, 6.45) is 0. The molecule has 0 atom stereocenters. The average molecular weight is 376 g/mol. The SMILES string of the molecule is O=C(Oc1ccccc1)/C(S)=C(\C(=O)Oc1ccccc1)c1ccccc1. The van der Waals surface area contributed by atoms with Crippen LogP contribution in [0.1, 0.15) is 5.56 Å². The summed E-state index contributed by atoms with van der Waals surface area (Å²) in [5.74, 6) is -0.706. The van der Waals surface area contributed by atoms with E-state index >= 15 is 0 Å². The molecule has 0 saturated heterocycles. The van der Waals surface area contributed by atoms with Crippen LogP contribution in [0.15, 0.2) is 95.9 Å². The molecule has 134 valence electrons. The van der Waals surface area contributed by atoms with Crippen LogP contribution in [-0.2, 0) is 9.59 Å². The minimum atomic E-state index is -0.742. The van der Waals surface area contributed by atoms with Gasteiger partial charge in [-0.25, -0.2) is 9.59 Å². The summed E-state index contributed by atoms with van der Waals surface area (Å²) in [4.78, 5) is 25.2. The van der Waals surface area contributed by atoms with Gasteiger partial charge in [-0.3, -0.25) is 0 Å². The fourth-order valence-corrected chi connectivity index (χ4v) is 2.61. The van der Waals surface area contributed by atoms with Crippen LogP contribution < -0.4 is 9.47 Å². The normalized spacial score (nSPS) is 11.3. The molecule has 0 radical (unpaired) electrons. The van der Waals surface area contributed by atoms with E-state index in [1.807, 2.05) is 12.1 Å². The lowest BCUT2D eigenvalue weighted by Crippen LogP contribution is -2.17. The molecule has 0 amide bonds. The van der Waals surface area contributed by atoms with E-state index in [2.05, 4.69) is 12.6 Å². The highest BCUT2D eigenvalue weighted by Gasteiger charge is 2.23. The highest BCUT2D eigenvalue weighted by Crippen LogP contribution is 2.25. The molecule has 0 spiro atoms. The summed E-state index contributed by atoms with van der Waals surface area (Å²) in [5, 5.41) is 0. The third-order valence-corrected chi connectivity index (χ3v) is 4.01. The van der Waals surface area contributed by atoms with Crippen molar-refractivity contribution < 1.29 is 19.1 Å². The Morgan fingerprint density at radius 2 is 1.00 bits per heavy atom. The summed E-state index contributed by atoms with van der Waals surface area (Å²) < 4.78 is 10.7. The second-order valence-electron chi connectivity index (χ2n) is 5.49. The van der Waals surface area contributed by atoms with E-state index in [9.17, 15) is 9.59 Å². The molecule has 3 aromatic carbocycles. The molecule has 3 rings (SSSR count). The van der Waals surface area contributed by atoms with Gasteiger partial charge in [0.05, 0.1) is 5.57 Å². The third kappa shape index (κ3) is 4.86. The zero-order valence-corrected chi connectivity index (χ0v) is 15.1. The van der Waals surface area contributed by atoms with E-state index in [4.69, 9.17) is 9.47 Å². The first-order valence-electron chi connectivity index (χ1n) is 8.18. The van der Waals surface area contributed by atoms with Gasteiger partial charge in [0.2, 0.25) is 0 Å². The van der Waals surface area contributed by atoms with Gasteiger partial charge >= 0.3 is 11.9 Å². The molecule has 0 saturated carbocycles. The topological polar surface area (TPSA) is 52.6 Å². The Kier molecular flexibility index (Phi) is 6.07. The molecular formula is C22H16O4S. The van der Waals surface area contributed by atoms with Gasteiger partial charge in [0.1, 0.15) is 16.4 Å². The number of hydrogen-bond donors (Lipinski definition) is 1. The molecule has 0 fully saturated rings. The summed E-state index contributed by atoms with van der Waals surface area (Å²) in [7, 11) is 0. The van der Waals surface area contributed by atoms with Gasteiger partial charge in [-0.05, 0) is 29.8 Å². The average Bonchev–Trinajstić information content (AvgIpc) is 2.70. The maximum absolute atomic E-state index is 12.8. The van der Waals surface area contributed by atoms with E-state index in [1.54, 1.807) is 78.9 Å². The molecule has 0 bridgehead atoms. The fraction of sp³-hybridized carbons (Fsp3) is 0. The number of ether oxygens (including phenoxy) is 2. The predicted octanol–water partition coefficient (Wildman–Crippen LogP) is 4.54. The second kappa shape index (κ2) is 8.87. The highest BCUT2D eigenvalue weighted by atomic mass is 32.1. The minimum absolute atomic E-state index is 0.0312. The lowest BCUT2D eigenvalue weighted by atomic mass is 10.1. The first-order valence-corrected chi connectivity index (χ1v) is 8.63. The zero-order chi connectivity index (χ0) is 19.1. The van der Waals surface area contributed by atoms with Gasteiger partial charge < -0.3 is 9.47 Å². The van der Waals surface area contributed by atoms with Crippen molar-refractivity contribution in [2.75, 3.05) is 0 Å². The van der Waals surface area contributed by atoms with Gasteiger partial charge in [-0.15, -0.1) is 12.6 Å². The molecule has 0 aliphatic heterocycles. The van der Waals surface area contributed by atoms with Crippen LogP contribution in [-0.4, -0.2) is 11.9 Å². The highest BCUT2D eigenvalue weighted by molar-refractivity contribution is 7.86. The van der Waals surface area contributed by atoms with Crippen LogP contribution in [0.4, 0.5) is 0 Å². The summed E-state index contributed by atoms with van der Waals surface area (Å²) in [6, 6.07) is 25.9. The Balaban J connectivity index is 1.94. The smallest absolute Gasteiger partial charge is 0.350 e. The lowest BCUT2D eigenvalue weighted by molar-refractivity contribution is -0.131. The Bertz CT molecular complexity index is 951. The van der Waals surface area contributed by atoms with Crippen molar-refractivity contribution in [3.05, 3.63) is 101 Å². The minimum Gasteiger partial charge on any atom is -0.423 e. The maximum atomic E-state index is 12.8. The van der Waals surface area contributed by atoms with Crippen molar-refractivity contribution in [2.45, 2.75) is 0 Å². The first-order chi connectivity index (χ1) is 13.1. The Labute approximate surface area is 162 Å². The number of hydrogen-bond acceptors (Lipinski definition) is 5. The second-order valence-corrected chi connectivity index (χ2v) is 5.94. The molecule has 0 heterocycles. The number of rotatable bonds is 5. The standard InChI is InChI=1S/C22H16O4S/c23-21(25-17-12-6-2-7-13-17)19(16-10-4-1-5-11-16)20(27)22(24)26-18-14-8-3-9-15-18/h1-15,27H/b20-19+. The van der Waals surface area contributed by atoms with Crippen molar-refractivity contribution in [3.63, 3.8) is 0 Å². The summed E-state index contributed by atoms with van der Waals surface area (Å²) >= 11 is 4.27. The van der Waals surface area contributed by atoms with Crippen molar-refractivity contribution in [1.29, 1.82) is 0 Å². The summed E-state index contributed by atoms with van der Waals surface area (Å²) in [5.41, 5.74) is 0.539. The number of carbonyl (C=O) groups excluding carboxylic acids is 2. The van der Waals surface area contributed by atoms with Crippen LogP contribution in [0.2, 0.25) is 0 Å². The van der Waals surface area contributed by atoms with E-state index < -0.39 is 11.9 Å². The van der Waals surface area contributed by atoms with Crippen LogP contribution in [0, 0.1) is 0 Å². The van der Waals surface area contributed by atoms with Crippen molar-refractivity contribution in [1.82, 2.24) is 0 Å². The Morgan fingerprint density at radius 3 is 1.48 bits per heavy atom. The fourth-order valence-electron chi connectivity index (χ4n) is 2.35. The van der Waals surface area contributed by atoms with Crippen LogP contribution in [0.25, 0.3) is 5.57 Å². The largest absolute Gasteiger partial charge is 0.423 e. The van der Waals surface area contributed by atoms with Crippen molar-refractivity contribution in [2.24, 2.45) is 0 Å². The zero-order valence-electron chi connectivity index (χ0n) is 14.2. The molecule has 5 heteroatoms. The number of carbonyl (C=O) groups is 2. The van der Waals surface area contributed by atoms with Gasteiger partial charge in [0, 0.05) is 0 Å². The monoisotopic (exact) mass is 376 g/mol. The molecular weight excluding hydrogens is 360 g/mol. The Morgan fingerprint density at radius 1 is 0.593 bits per heavy atom. The van der Waals surface area contributed by atoms with Crippen LogP contribution in [0.3, 0.4) is 0 Å². The van der Waals surface area contributed by atoms with E-state index in [0.29, 0.717) is 17.1 Å². The lowest BCUT2D eigenvalue weighted by Gasteiger charge is -2.11. The van der Waals surface area contributed by atoms with Gasteiger partial charge in [-0.1, -0.05) is 66.7 Å². The van der Waals surface area contributed by atoms with E-state index in [1.165, 1.54) is 0 Å². The molecule has 27 heavy (non-hydrogen) atoms. The molecule has 0 aromatic heterocycles. The molecule has 0 aliphatic carbocycles. The predicted molar refractivity (Wildman–Crippen MR) is 107 cm³/mol. The van der Waals surface area contributed by atoms with Crippen molar-refractivity contribution >= 4 is 30.1 Å². The molecule has 3 aromatic rings. The van der Waals surface area contributed by atoms with Crippen molar-refractivity contribution in [3.8, 4) is 11.5 Å². The first kappa shape index (κ1) is 18.5. The van der Waals surface area contributed by atoms with Crippen LogP contribution in [0.5, 0.6) is 11.5 Å². The molecule has 0 N–H and O–H groups in total. The van der Waals surface area contributed by atoms with E-state index in [-0.39, 0.29) is 10.5 Å². The third-order valence-electron chi connectivity index (χ3n) is 3.60. The number of para-hydroxylation sites is 2. The number of benzene rings is 3. The molecule has 0 aliphatic rings. The van der Waals surface area contributed by atoms with Crippen LogP contribution >= 0.6 is 12.6 Å². The quantitative estimate of drug-likeness (QED) is 0.307. The van der Waals surface area contributed by atoms with Gasteiger partial charge in [-0.2, -0.15) is 0 Å². The Hall–Kier alpha value is -3.31. The summed E-state index contributed by atoms with van der Waals surface area (Å²) in [6.45, 7) is 0. The number of esters is 2. The van der Waals surface area contributed by atoms with Gasteiger partial charge in [0.25, 0.3) is 0 Å². The maximum Gasteiger partial charge on any atom is 0.350 e. The molecule has 0 unspecified atom stereocenters.